The first-order valence-corrected chi connectivity index (χ1v) is 5.08. The first-order chi connectivity index (χ1) is 7.15. The van der Waals surface area contributed by atoms with E-state index in [0.717, 1.165) is 12.0 Å². The van der Waals surface area contributed by atoms with Gasteiger partial charge in [-0.1, -0.05) is 30.3 Å². The Bertz CT molecular complexity index is 348. The topological polar surface area (TPSA) is 29.5 Å². The number of ether oxygens (including phenoxy) is 1. The second-order valence-corrected chi connectivity index (χ2v) is 4.20. The van der Waals surface area contributed by atoms with Crippen LogP contribution < -0.4 is 0 Å². The molecular weight excluding hydrogens is 190 g/mol. The molecule has 1 aliphatic rings. The highest BCUT2D eigenvalue weighted by Crippen LogP contribution is 2.34. The lowest BCUT2D eigenvalue weighted by molar-refractivity contribution is -0.132. The first kappa shape index (κ1) is 10.2. The van der Waals surface area contributed by atoms with Crippen molar-refractivity contribution >= 4 is 6.41 Å². The van der Waals surface area contributed by atoms with Gasteiger partial charge < -0.3 is 9.64 Å². The van der Waals surface area contributed by atoms with E-state index in [4.69, 9.17) is 4.74 Å². The molecule has 1 aliphatic heterocycles. The third-order valence-electron chi connectivity index (χ3n) is 2.85. The Morgan fingerprint density at radius 1 is 1.40 bits per heavy atom. The smallest absolute Gasteiger partial charge is 0.212 e. The zero-order valence-electron chi connectivity index (χ0n) is 9.01. The summed E-state index contributed by atoms with van der Waals surface area (Å²) in [5, 5.41) is 0. The summed E-state index contributed by atoms with van der Waals surface area (Å²) in [6.07, 6.45) is 0.866. The van der Waals surface area contributed by atoms with Gasteiger partial charge in [0.05, 0.1) is 12.6 Å². The van der Waals surface area contributed by atoms with E-state index in [-0.39, 0.29) is 6.04 Å². The Balaban J connectivity index is 2.29. The Hall–Kier alpha value is -1.35. The SMILES string of the molecule is CC1(C)OC[C@H](c2ccccc2)N1C=O. The van der Waals surface area contributed by atoms with Crippen molar-refractivity contribution in [3.63, 3.8) is 0 Å². The van der Waals surface area contributed by atoms with Crippen molar-refractivity contribution in [3.8, 4) is 0 Å². The van der Waals surface area contributed by atoms with Gasteiger partial charge in [-0.3, -0.25) is 4.79 Å². The van der Waals surface area contributed by atoms with E-state index in [1.54, 1.807) is 4.90 Å². The zero-order valence-corrected chi connectivity index (χ0v) is 9.01. The monoisotopic (exact) mass is 205 g/mol. The molecule has 0 bridgehead atoms. The molecule has 1 aromatic rings. The number of carbonyl (C=O) groups excluding carboxylic acids is 1. The van der Waals surface area contributed by atoms with Gasteiger partial charge in [-0.15, -0.1) is 0 Å². The van der Waals surface area contributed by atoms with E-state index < -0.39 is 5.72 Å². The maximum Gasteiger partial charge on any atom is 0.212 e. The molecule has 0 unspecified atom stereocenters. The van der Waals surface area contributed by atoms with Gasteiger partial charge in [-0.25, -0.2) is 0 Å². The minimum absolute atomic E-state index is 0.0405. The number of benzene rings is 1. The molecule has 0 N–H and O–H groups in total. The predicted molar refractivity (Wildman–Crippen MR) is 57.1 cm³/mol. The van der Waals surface area contributed by atoms with Crippen LogP contribution >= 0.6 is 0 Å². The van der Waals surface area contributed by atoms with Crippen LogP contribution in [0.15, 0.2) is 30.3 Å². The largest absolute Gasteiger partial charge is 0.354 e. The molecule has 80 valence electrons. The second kappa shape index (κ2) is 3.66. The van der Waals surface area contributed by atoms with E-state index in [2.05, 4.69) is 0 Å². The molecule has 0 spiro atoms. The summed E-state index contributed by atoms with van der Waals surface area (Å²) < 4.78 is 5.61. The van der Waals surface area contributed by atoms with Crippen molar-refractivity contribution in [2.75, 3.05) is 6.61 Å². The lowest BCUT2D eigenvalue weighted by Gasteiger charge is -2.29. The zero-order chi connectivity index (χ0) is 10.9. The lowest BCUT2D eigenvalue weighted by Crippen LogP contribution is -2.39. The molecule has 3 heteroatoms. The molecular formula is C12H15NO2. The van der Waals surface area contributed by atoms with Crippen LogP contribution in [-0.4, -0.2) is 23.6 Å². The van der Waals surface area contributed by atoms with Crippen molar-refractivity contribution in [3.05, 3.63) is 35.9 Å². The molecule has 1 fully saturated rings. The third kappa shape index (κ3) is 1.75. The molecule has 1 amide bonds. The molecule has 0 aliphatic carbocycles. The van der Waals surface area contributed by atoms with Crippen molar-refractivity contribution in [1.29, 1.82) is 0 Å². The molecule has 1 heterocycles. The number of amides is 1. The molecule has 0 radical (unpaired) electrons. The molecule has 1 saturated heterocycles. The average molecular weight is 205 g/mol. The van der Waals surface area contributed by atoms with Crippen molar-refractivity contribution < 1.29 is 9.53 Å². The molecule has 1 aromatic carbocycles. The number of rotatable bonds is 2. The summed E-state index contributed by atoms with van der Waals surface area (Å²) in [4.78, 5) is 12.8. The van der Waals surface area contributed by atoms with Crippen LogP contribution in [0.5, 0.6) is 0 Å². The maximum atomic E-state index is 11.1. The van der Waals surface area contributed by atoms with E-state index in [1.165, 1.54) is 0 Å². The highest BCUT2D eigenvalue weighted by Gasteiger charge is 2.40. The van der Waals surface area contributed by atoms with Crippen molar-refractivity contribution in [2.24, 2.45) is 0 Å². The average Bonchev–Trinajstić information content (AvgIpc) is 2.54. The van der Waals surface area contributed by atoms with Crippen LogP contribution in [0.1, 0.15) is 25.5 Å². The molecule has 0 aromatic heterocycles. The van der Waals surface area contributed by atoms with E-state index in [9.17, 15) is 4.79 Å². The molecule has 3 nitrogen and oxygen atoms in total. The molecule has 0 saturated carbocycles. The van der Waals surface area contributed by atoms with Crippen LogP contribution in [0, 0.1) is 0 Å². The summed E-state index contributed by atoms with van der Waals surface area (Å²) >= 11 is 0. The van der Waals surface area contributed by atoms with Gasteiger partial charge in [-0.2, -0.15) is 0 Å². The Morgan fingerprint density at radius 3 is 2.67 bits per heavy atom. The Kier molecular flexibility index (Phi) is 2.49. The minimum atomic E-state index is -0.498. The van der Waals surface area contributed by atoms with Crippen LogP contribution in [0.25, 0.3) is 0 Å². The normalized spacial score (nSPS) is 24.1. The van der Waals surface area contributed by atoms with Gasteiger partial charge in [-0.05, 0) is 19.4 Å². The van der Waals surface area contributed by atoms with Crippen LogP contribution in [0.4, 0.5) is 0 Å². The highest BCUT2D eigenvalue weighted by molar-refractivity contribution is 5.51. The number of nitrogens with zero attached hydrogens (tertiary/aromatic N) is 1. The Labute approximate surface area is 89.7 Å². The van der Waals surface area contributed by atoms with E-state index in [0.29, 0.717) is 6.61 Å². The summed E-state index contributed by atoms with van der Waals surface area (Å²) in [6.45, 7) is 4.38. The van der Waals surface area contributed by atoms with Gasteiger partial charge in [0.1, 0.15) is 5.72 Å². The van der Waals surface area contributed by atoms with Crippen molar-refractivity contribution in [1.82, 2.24) is 4.90 Å². The van der Waals surface area contributed by atoms with E-state index >= 15 is 0 Å². The fraction of sp³-hybridized carbons (Fsp3) is 0.417. The first-order valence-electron chi connectivity index (χ1n) is 5.08. The van der Waals surface area contributed by atoms with Crippen molar-refractivity contribution in [2.45, 2.75) is 25.6 Å². The van der Waals surface area contributed by atoms with Gasteiger partial charge in [0.25, 0.3) is 0 Å². The molecule has 15 heavy (non-hydrogen) atoms. The summed E-state index contributed by atoms with van der Waals surface area (Å²) in [5.41, 5.74) is 0.623. The van der Waals surface area contributed by atoms with Gasteiger partial charge >= 0.3 is 0 Å². The van der Waals surface area contributed by atoms with Gasteiger partial charge in [0.15, 0.2) is 0 Å². The third-order valence-corrected chi connectivity index (χ3v) is 2.85. The second-order valence-electron chi connectivity index (χ2n) is 4.20. The highest BCUT2D eigenvalue weighted by atomic mass is 16.5. The van der Waals surface area contributed by atoms with Crippen LogP contribution in [0.2, 0.25) is 0 Å². The summed E-state index contributed by atoms with van der Waals surface area (Å²) in [7, 11) is 0. The fourth-order valence-electron chi connectivity index (χ4n) is 1.95. The quantitative estimate of drug-likeness (QED) is 0.691. The standard InChI is InChI=1S/C12H15NO2/c1-12(2)13(9-14)11(8-15-12)10-6-4-3-5-7-10/h3-7,9,11H,8H2,1-2H3/t11-/m1/s1. The lowest BCUT2D eigenvalue weighted by atomic mass is 10.1. The summed E-state index contributed by atoms with van der Waals surface area (Å²) in [6, 6.07) is 10.00. The Morgan fingerprint density at radius 2 is 2.07 bits per heavy atom. The summed E-state index contributed by atoms with van der Waals surface area (Å²) in [5.74, 6) is 0. The fourth-order valence-corrected chi connectivity index (χ4v) is 1.95. The number of hydrogen-bond acceptors (Lipinski definition) is 2. The van der Waals surface area contributed by atoms with Crippen LogP contribution in [-0.2, 0) is 9.53 Å². The minimum Gasteiger partial charge on any atom is -0.354 e. The van der Waals surface area contributed by atoms with E-state index in [1.807, 2.05) is 44.2 Å². The number of carbonyl (C=O) groups is 1. The van der Waals surface area contributed by atoms with Gasteiger partial charge in [0.2, 0.25) is 6.41 Å². The van der Waals surface area contributed by atoms with Crippen LogP contribution in [0.3, 0.4) is 0 Å². The maximum absolute atomic E-state index is 11.1. The van der Waals surface area contributed by atoms with Gasteiger partial charge in [0, 0.05) is 0 Å². The predicted octanol–water partition coefficient (Wildman–Crippen LogP) is 1.95. The number of hydrogen-bond donors (Lipinski definition) is 0. The molecule has 2 rings (SSSR count). The molecule has 1 atom stereocenters.